The predicted molar refractivity (Wildman–Crippen MR) is 23.3 cm³/mol. The van der Waals surface area contributed by atoms with Gasteiger partial charge >= 0.3 is 29.6 Å². The van der Waals surface area contributed by atoms with Crippen molar-refractivity contribution in [3.05, 3.63) is 0 Å². The first-order chi connectivity index (χ1) is 3.00. The van der Waals surface area contributed by atoms with Crippen LogP contribution < -0.4 is 112 Å². The van der Waals surface area contributed by atoms with Gasteiger partial charge in [-0.25, -0.2) is 0 Å². The van der Waals surface area contributed by atoms with Crippen LogP contribution in [0.1, 0.15) is 0 Å². The fourth-order valence-electron chi connectivity index (χ4n) is 0.760. The molecule has 1 aliphatic rings. The van der Waals surface area contributed by atoms with Crippen LogP contribution in [0.15, 0.2) is 0 Å². The number of rotatable bonds is 0. The second-order valence-corrected chi connectivity index (χ2v) is 1.73. The van der Waals surface area contributed by atoms with Gasteiger partial charge in [-0.3, -0.25) is 0 Å². The topological polar surface area (TPSA) is 33.2 Å². The second kappa shape index (κ2) is 18.0. The van der Waals surface area contributed by atoms with Crippen LogP contribution in [-0.2, 0) is 0 Å². The largest absolute Gasteiger partial charge is 1.00 e. The summed E-state index contributed by atoms with van der Waals surface area (Å²) < 4.78 is 0. The molecule has 0 aromatic heterocycles. The van der Waals surface area contributed by atoms with E-state index in [1.165, 1.54) is 26.2 Å². The summed E-state index contributed by atoms with van der Waals surface area (Å²) in [6, 6.07) is 0. The average molecular weight is 492 g/mol. The van der Waals surface area contributed by atoms with Crippen LogP contribution in [0.3, 0.4) is 0 Å². The standard InChI is InChI=1S/C4H10N2.3HI.Na/c1-2-6-4-3-5-1;;;;/h5-6H,1-4H2;3*1H;/q;;;;+1/p-1. The van der Waals surface area contributed by atoms with Crippen molar-refractivity contribution >= 4 is 0 Å². The summed E-state index contributed by atoms with van der Waals surface area (Å²) >= 11 is 0. The minimum Gasteiger partial charge on any atom is -1.00 e. The maximum atomic E-state index is 2.36. The zero-order chi connectivity index (χ0) is 4.24. The Morgan fingerprint density at radius 3 is 0.900 bits per heavy atom. The molecule has 0 spiro atoms. The van der Waals surface area contributed by atoms with Crippen molar-refractivity contribution in [3.8, 4) is 0 Å². The third-order valence-electron chi connectivity index (χ3n) is 1.15. The SMILES string of the molecule is C1C[NH2+]CC[NH2+]1.[I-].[I-].[I-].[Na+]. The van der Waals surface area contributed by atoms with E-state index < -0.39 is 0 Å². The summed E-state index contributed by atoms with van der Waals surface area (Å²) in [6.45, 7) is 5.28. The van der Waals surface area contributed by atoms with E-state index in [-0.39, 0.29) is 101 Å². The summed E-state index contributed by atoms with van der Waals surface area (Å²) in [5.41, 5.74) is 0. The minimum absolute atomic E-state index is 0. The van der Waals surface area contributed by atoms with Crippen molar-refractivity contribution < 1.29 is 112 Å². The molecule has 6 heteroatoms. The van der Waals surface area contributed by atoms with Gasteiger partial charge in [0.05, 0.1) is 0 Å². The van der Waals surface area contributed by atoms with Crippen LogP contribution in [0.4, 0.5) is 0 Å². The predicted octanol–water partition coefficient (Wildman–Crippen LogP) is -14.9. The number of piperazine rings is 1. The molecular weight excluding hydrogens is 480 g/mol. The molecule has 0 aromatic rings. The molecule has 1 aliphatic heterocycles. The van der Waals surface area contributed by atoms with E-state index in [0.29, 0.717) is 0 Å². The van der Waals surface area contributed by atoms with Crippen molar-refractivity contribution in [1.82, 2.24) is 0 Å². The van der Waals surface area contributed by atoms with Crippen LogP contribution in [0, 0.1) is 0 Å². The molecule has 0 unspecified atom stereocenters. The summed E-state index contributed by atoms with van der Waals surface area (Å²) in [6.07, 6.45) is 0. The molecule has 10 heavy (non-hydrogen) atoms. The first-order valence-electron chi connectivity index (χ1n) is 2.63. The number of hydrogen-bond donors (Lipinski definition) is 2. The Kier molecular flexibility index (Phi) is 41.7. The molecule has 60 valence electrons. The molecular formula is C4H12I3N2Na. The fraction of sp³-hybridized carbons (Fsp3) is 1.00. The summed E-state index contributed by atoms with van der Waals surface area (Å²) in [4.78, 5) is 0. The van der Waals surface area contributed by atoms with Crippen molar-refractivity contribution in [2.75, 3.05) is 26.2 Å². The molecule has 0 aromatic carbocycles. The van der Waals surface area contributed by atoms with Gasteiger partial charge in [0.15, 0.2) is 0 Å². The normalized spacial score (nSPS) is 14.4. The van der Waals surface area contributed by atoms with Crippen molar-refractivity contribution in [3.63, 3.8) is 0 Å². The summed E-state index contributed by atoms with van der Waals surface area (Å²) in [5.74, 6) is 0. The molecule has 0 saturated carbocycles. The Bertz CT molecular complexity index is 34.0. The van der Waals surface area contributed by atoms with E-state index in [1.54, 1.807) is 0 Å². The van der Waals surface area contributed by atoms with E-state index in [1.807, 2.05) is 0 Å². The molecule has 1 rings (SSSR count). The first-order valence-corrected chi connectivity index (χ1v) is 2.63. The maximum Gasteiger partial charge on any atom is 1.00 e. The summed E-state index contributed by atoms with van der Waals surface area (Å²) in [7, 11) is 0. The van der Waals surface area contributed by atoms with Crippen molar-refractivity contribution in [2.45, 2.75) is 0 Å². The van der Waals surface area contributed by atoms with Gasteiger partial charge in [-0.05, 0) is 0 Å². The van der Waals surface area contributed by atoms with Crippen molar-refractivity contribution in [2.24, 2.45) is 0 Å². The van der Waals surface area contributed by atoms with Gasteiger partial charge in [-0.15, -0.1) is 0 Å². The molecule has 1 saturated heterocycles. The number of hydrogen-bond acceptors (Lipinski definition) is 0. The van der Waals surface area contributed by atoms with Gasteiger partial charge in [0.25, 0.3) is 0 Å². The molecule has 4 N–H and O–H groups in total. The number of halogens is 3. The smallest absolute Gasteiger partial charge is 1.00 e. The number of nitrogens with two attached hydrogens (primary N) is 2. The van der Waals surface area contributed by atoms with Crippen LogP contribution >= 0.6 is 0 Å². The van der Waals surface area contributed by atoms with Crippen LogP contribution in [0.2, 0.25) is 0 Å². The average Bonchev–Trinajstić information content (AvgIpc) is 1.72. The molecule has 1 fully saturated rings. The van der Waals surface area contributed by atoms with Crippen LogP contribution in [0.5, 0.6) is 0 Å². The molecule has 0 bridgehead atoms. The Hall–Kier alpha value is 3.11. The van der Waals surface area contributed by atoms with Crippen molar-refractivity contribution in [1.29, 1.82) is 0 Å². The van der Waals surface area contributed by atoms with Gasteiger partial charge in [0.1, 0.15) is 26.2 Å². The quantitative estimate of drug-likeness (QED) is 0.249. The molecule has 0 radical (unpaired) electrons. The van der Waals surface area contributed by atoms with E-state index in [9.17, 15) is 0 Å². The third kappa shape index (κ3) is 13.7. The Balaban J connectivity index is -0.0000000450. The van der Waals surface area contributed by atoms with Gasteiger partial charge in [-0.2, -0.15) is 0 Å². The van der Waals surface area contributed by atoms with Gasteiger partial charge in [0.2, 0.25) is 0 Å². The van der Waals surface area contributed by atoms with E-state index in [2.05, 4.69) is 10.6 Å². The van der Waals surface area contributed by atoms with Gasteiger partial charge < -0.3 is 82.6 Å². The Morgan fingerprint density at radius 1 is 0.600 bits per heavy atom. The first kappa shape index (κ1) is 23.2. The van der Waals surface area contributed by atoms with E-state index in [0.717, 1.165) is 0 Å². The Labute approximate surface area is 136 Å². The Morgan fingerprint density at radius 2 is 0.800 bits per heavy atom. The molecule has 2 nitrogen and oxygen atoms in total. The minimum atomic E-state index is 0. The summed E-state index contributed by atoms with van der Waals surface area (Å²) in [5, 5.41) is 4.72. The van der Waals surface area contributed by atoms with E-state index >= 15 is 0 Å². The molecule has 1 heterocycles. The molecule has 0 aliphatic carbocycles. The molecule has 0 atom stereocenters. The second-order valence-electron chi connectivity index (χ2n) is 1.73. The zero-order valence-electron chi connectivity index (χ0n) is 6.12. The fourth-order valence-corrected chi connectivity index (χ4v) is 0.760. The molecule has 0 amide bonds. The maximum absolute atomic E-state index is 2.36. The third-order valence-corrected chi connectivity index (χ3v) is 1.15. The van der Waals surface area contributed by atoms with E-state index in [4.69, 9.17) is 0 Å². The van der Waals surface area contributed by atoms with Gasteiger partial charge in [-0.1, -0.05) is 0 Å². The monoisotopic (exact) mass is 492 g/mol. The zero-order valence-corrected chi connectivity index (χ0v) is 14.6. The van der Waals surface area contributed by atoms with Gasteiger partial charge in [0, 0.05) is 0 Å². The van der Waals surface area contributed by atoms with Crippen LogP contribution in [0.25, 0.3) is 0 Å². The van der Waals surface area contributed by atoms with Crippen LogP contribution in [-0.4, -0.2) is 26.2 Å². The number of quaternary nitrogens is 2.